The first-order chi connectivity index (χ1) is 12.1. The van der Waals surface area contributed by atoms with E-state index in [1.165, 1.54) is 11.3 Å². The monoisotopic (exact) mass is 370 g/mol. The van der Waals surface area contributed by atoms with Crippen LogP contribution in [0, 0.1) is 0 Å². The van der Waals surface area contributed by atoms with Crippen LogP contribution in [0.4, 0.5) is 0 Å². The van der Waals surface area contributed by atoms with Crippen LogP contribution in [0.5, 0.6) is 5.75 Å². The Morgan fingerprint density at radius 1 is 1.12 bits per heavy atom. The van der Waals surface area contributed by atoms with E-state index >= 15 is 0 Å². The summed E-state index contributed by atoms with van der Waals surface area (Å²) in [6, 6.07) is 18.5. The Labute approximate surface area is 154 Å². The van der Waals surface area contributed by atoms with Crippen molar-refractivity contribution >= 4 is 40.6 Å². The lowest BCUT2D eigenvalue weighted by Crippen LogP contribution is -1.98. The molecule has 1 N–H and O–H groups in total. The minimum absolute atomic E-state index is 0.266. The predicted molar refractivity (Wildman–Crippen MR) is 102 cm³/mol. The van der Waals surface area contributed by atoms with Crippen LogP contribution in [0.2, 0.25) is 5.02 Å². The molecule has 0 aliphatic heterocycles. The summed E-state index contributed by atoms with van der Waals surface area (Å²) in [6.07, 6.45) is 1.65. The van der Waals surface area contributed by atoms with Gasteiger partial charge >= 0.3 is 5.97 Å². The molecule has 1 aromatic heterocycles. The molecule has 0 spiro atoms. The number of ether oxygens (including phenoxy) is 1. The van der Waals surface area contributed by atoms with Gasteiger partial charge in [-0.05, 0) is 52.9 Å². The van der Waals surface area contributed by atoms with Gasteiger partial charge in [-0.1, -0.05) is 41.9 Å². The first-order valence-corrected chi connectivity index (χ1v) is 8.84. The van der Waals surface area contributed by atoms with E-state index in [1.807, 2.05) is 60.0 Å². The van der Waals surface area contributed by atoms with Gasteiger partial charge in [0.15, 0.2) is 0 Å². The van der Waals surface area contributed by atoms with E-state index in [9.17, 15) is 9.90 Å². The molecule has 0 saturated carbocycles. The van der Waals surface area contributed by atoms with E-state index in [4.69, 9.17) is 16.3 Å². The highest BCUT2D eigenvalue weighted by molar-refractivity contribution is 7.11. The van der Waals surface area contributed by atoms with E-state index in [0.29, 0.717) is 17.4 Å². The Bertz CT molecular complexity index is 901. The molecule has 0 radical (unpaired) electrons. The molecular weight excluding hydrogens is 356 g/mol. The van der Waals surface area contributed by atoms with Crippen molar-refractivity contribution in [2.75, 3.05) is 0 Å². The molecule has 5 heteroatoms. The number of carboxylic acids is 1. The first-order valence-electron chi connectivity index (χ1n) is 7.58. The van der Waals surface area contributed by atoms with Gasteiger partial charge in [0, 0.05) is 9.90 Å². The lowest BCUT2D eigenvalue weighted by Gasteiger charge is -2.08. The number of carboxylic acid groups (broad SMARTS) is 1. The number of halogens is 1. The number of rotatable bonds is 6. The van der Waals surface area contributed by atoms with Gasteiger partial charge in [0.05, 0.1) is 5.57 Å². The van der Waals surface area contributed by atoms with Crippen LogP contribution in [-0.2, 0) is 11.4 Å². The van der Waals surface area contributed by atoms with Crippen LogP contribution in [0.15, 0.2) is 66.0 Å². The van der Waals surface area contributed by atoms with Gasteiger partial charge in [-0.15, -0.1) is 11.3 Å². The second-order valence-corrected chi connectivity index (χ2v) is 6.72. The van der Waals surface area contributed by atoms with Crippen molar-refractivity contribution < 1.29 is 14.6 Å². The van der Waals surface area contributed by atoms with Crippen molar-refractivity contribution in [3.63, 3.8) is 0 Å². The van der Waals surface area contributed by atoms with Crippen LogP contribution in [0.3, 0.4) is 0 Å². The average molecular weight is 371 g/mol. The molecule has 0 atom stereocenters. The molecule has 1 heterocycles. The second-order valence-electron chi connectivity index (χ2n) is 5.33. The maximum atomic E-state index is 11.5. The molecule has 0 aliphatic carbocycles. The third kappa shape index (κ3) is 4.72. The molecule has 3 aromatic rings. The first kappa shape index (κ1) is 17.3. The number of hydrogen-bond acceptors (Lipinski definition) is 3. The SMILES string of the molecule is O=C(O)/C(=C\c1cccc(OCc2cccc(Cl)c2)c1)c1cccs1. The molecule has 126 valence electrons. The third-order valence-corrected chi connectivity index (χ3v) is 4.62. The maximum Gasteiger partial charge on any atom is 0.337 e. The van der Waals surface area contributed by atoms with E-state index in [0.717, 1.165) is 16.0 Å². The summed E-state index contributed by atoms with van der Waals surface area (Å²) in [5, 5.41) is 12.0. The molecule has 0 amide bonds. The average Bonchev–Trinajstić information content (AvgIpc) is 3.12. The number of hydrogen-bond donors (Lipinski definition) is 1. The minimum atomic E-state index is -0.951. The molecule has 2 aromatic carbocycles. The number of thiophene rings is 1. The zero-order valence-corrected chi connectivity index (χ0v) is 14.8. The van der Waals surface area contributed by atoms with Gasteiger partial charge in [0.1, 0.15) is 12.4 Å². The van der Waals surface area contributed by atoms with Crippen molar-refractivity contribution in [1.82, 2.24) is 0 Å². The second kappa shape index (κ2) is 8.01. The van der Waals surface area contributed by atoms with E-state index in [1.54, 1.807) is 12.1 Å². The van der Waals surface area contributed by atoms with Crippen LogP contribution in [0.1, 0.15) is 16.0 Å². The lowest BCUT2D eigenvalue weighted by atomic mass is 10.1. The van der Waals surface area contributed by atoms with Gasteiger partial charge < -0.3 is 9.84 Å². The van der Waals surface area contributed by atoms with Crippen LogP contribution in [-0.4, -0.2) is 11.1 Å². The Kier molecular flexibility index (Phi) is 5.53. The summed E-state index contributed by atoms with van der Waals surface area (Å²) in [5.74, 6) is -0.280. The van der Waals surface area contributed by atoms with Crippen molar-refractivity contribution in [1.29, 1.82) is 0 Å². The van der Waals surface area contributed by atoms with E-state index in [-0.39, 0.29) is 5.57 Å². The molecule has 0 bridgehead atoms. The summed E-state index contributed by atoms with van der Waals surface area (Å²) in [7, 11) is 0. The summed E-state index contributed by atoms with van der Waals surface area (Å²) >= 11 is 7.37. The van der Waals surface area contributed by atoms with Gasteiger partial charge in [-0.25, -0.2) is 4.79 Å². The van der Waals surface area contributed by atoms with Gasteiger partial charge in [0.2, 0.25) is 0 Å². The highest BCUT2D eigenvalue weighted by atomic mass is 35.5. The summed E-state index contributed by atoms with van der Waals surface area (Å²) in [6.45, 7) is 0.393. The number of benzene rings is 2. The zero-order valence-electron chi connectivity index (χ0n) is 13.2. The molecule has 0 unspecified atom stereocenters. The fraction of sp³-hybridized carbons (Fsp3) is 0.0500. The Balaban J connectivity index is 1.79. The fourth-order valence-electron chi connectivity index (χ4n) is 2.32. The molecule has 0 fully saturated rings. The largest absolute Gasteiger partial charge is 0.489 e. The third-order valence-electron chi connectivity index (χ3n) is 3.48. The fourth-order valence-corrected chi connectivity index (χ4v) is 3.27. The standard InChI is InChI=1S/C20H15ClO3S/c21-16-6-1-5-15(10-16)13-24-17-7-2-4-14(11-17)12-18(20(22)23)19-8-3-9-25-19/h1-12H,13H2,(H,22,23)/b18-12-. The van der Waals surface area contributed by atoms with Crippen molar-refractivity contribution in [2.24, 2.45) is 0 Å². The van der Waals surface area contributed by atoms with Crippen LogP contribution < -0.4 is 4.74 Å². The van der Waals surface area contributed by atoms with Gasteiger partial charge in [-0.2, -0.15) is 0 Å². The van der Waals surface area contributed by atoms with Crippen LogP contribution >= 0.6 is 22.9 Å². The number of carbonyl (C=O) groups is 1. The molecule has 0 saturated heterocycles. The highest BCUT2D eigenvalue weighted by Gasteiger charge is 2.11. The molecule has 25 heavy (non-hydrogen) atoms. The van der Waals surface area contributed by atoms with Gasteiger partial charge in [-0.3, -0.25) is 0 Å². The Morgan fingerprint density at radius 2 is 1.96 bits per heavy atom. The zero-order chi connectivity index (χ0) is 17.6. The summed E-state index contributed by atoms with van der Waals surface area (Å²) in [5.41, 5.74) is 2.01. The molecule has 3 rings (SSSR count). The smallest absolute Gasteiger partial charge is 0.337 e. The highest BCUT2D eigenvalue weighted by Crippen LogP contribution is 2.25. The summed E-state index contributed by atoms with van der Waals surface area (Å²) in [4.78, 5) is 12.2. The van der Waals surface area contributed by atoms with E-state index in [2.05, 4.69) is 0 Å². The normalized spacial score (nSPS) is 11.3. The van der Waals surface area contributed by atoms with Crippen molar-refractivity contribution in [3.05, 3.63) is 87.1 Å². The topological polar surface area (TPSA) is 46.5 Å². The molecule has 0 aliphatic rings. The molecular formula is C20H15ClO3S. The maximum absolute atomic E-state index is 11.5. The van der Waals surface area contributed by atoms with E-state index < -0.39 is 5.97 Å². The van der Waals surface area contributed by atoms with Crippen LogP contribution in [0.25, 0.3) is 11.6 Å². The Hall–Kier alpha value is -2.56. The number of aliphatic carboxylic acids is 1. The van der Waals surface area contributed by atoms with Gasteiger partial charge in [0.25, 0.3) is 0 Å². The molecule has 3 nitrogen and oxygen atoms in total. The van der Waals surface area contributed by atoms with Crippen molar-refractivity contribution in [2.45, 2.75) is 6.61 Å². The summed E-state index contributed by atoms with van der Waals surface area (Å²) < 4.78 is 5.79. The van der Waals surface area contributed by atoms with Crippen molar-refractivity contribution in [3.8, 4) is 5.75 Å². The quantitative estimate of drug-likeness (QED) is 0.574. The Morgan fingerprint density at radius 3 is 2.68 bits per heavy atom. The minimum Gasteiger partial charge on any atom is -0.489 e. The predicted octanol–water partition coefficient (Wildman–Crippen LogP) is 5.61. The lowest BCUT2D eigenvalue weighted by molar-refractivity contribution is -0.130.